The number of carbonyl (C=O) groups is 2. The summed E-state index contributed by atoms with van der Waals surface area (Å²) in [7, 11) is 2.82. The molecule has 0 aromatic heterocycles. The molecule has 6 nitrogen and oxygen atoms in total. The van der Waals surface area contributed by atoms with Gasteiger partial charge in [-0.2, -0.15) is 0 Å². The van der Waals surface area contributed by atoms with Crippen molar-refractivity contribution in [2.45, 2.75) is 39.3 Å². The van der Waals surface area contributed by atoms with Crippen LogP contribution in [0.2, 0.25) is 0 Å². The fourth-order valence-electron chi connectivity index (χ4n) is 0.772. The molecule has 0 radical (unpaired) electrons. The Balaban J connectivity index is 4.32. The summed E-state index contributed by atoms with van der Waals surface area (Å²) in [5.41, 5.74) is 0. The Morgan fingerprint density at radius 1 is 0.778 bits per heavy atom. The maximum absolute atomic E-state index is 11.3. The van der Waals surface area contributed by atoms with E-state index in [0.29, 0.717) is 0 Å². The molecule has 0 spiro atoms. The fourth-order valence-corrected chi connectivity index (χ4v) is 0.772. The normalized spacial score (nSPS) is 12.6. The second kappa shape index (κ2) is 6.51. The third-order valence-corrected chi connectivity index (χ3v) is 2.03. The van der Waals surface area contributed by atoms with Gasteiger partial charge in [-0.25, -0.2) is 9.59 Å². The van der Waals surface area contributed by atoms with Crippen molar-refractivity contribution < 1.29 is 28.5 Å². The largest absolute Gasteiger partial charge is 0.431 e. The molecule has 0 bridgehead atoms. The quantitative estimate of drug-likeness (QED) is 0.408. The summed E-state index contributed by atoms with van der Waals surface area (Å²) in [5, 5.41) is 0. The van der Waals surface area contributed by atoms with E-state index in [4.69, 9.17) is 18.9 Å². The van der Waals surface area contributed by atoms with Gasteiger partial charge in [-0.05, 0) is 0 Å². The molecule has 0 heterocycles. The van der Waals surface area contributed by atoms with Gasteiger partial charge in [0.2, 0.25) is 11.6 Å². The molecular formula is C12H20O6. The highest BCUT2D eigenvalue weighted by molar-refractivity contribution is 5.91. The molecule has 0 aromatic rings. The van der Waals surface area contributed by atoms with Crippen LogP contribution >= 0.6 is 0 Å². The molecule has 0 saturated carbocycles. The highest BCUT2D eigenvalue weighted by atomic mass is 16.7. The van der Waals surface area contributed by atoms with Gasteiger partial charge in [0.1, 0.15) is 0 Å². The summed E-state index contributed by atoms with van der Waals surface area (Å²) in [5.74, 6) is -3.49. The van der Waals surface area contributed by atoms with Gasteiger partial charge in [-0.15, -0.1) is 0 Å². The predicted molar refractivity (Wildman–Crippen MR) is 63.5 cm³/mol. The van der Waals surface area contributed by atoms with Gasteiger partial charge in [-0.1, -0.05) is 0 Å². The molecule has 18 heavy (non-hydrogen) atoms. The molecule has 0 N–H and O–H groups in total. The highest BCUT2D eigenvalue weighted by Gasteiger charge is 2.22. The van der Waals surface area contributed by atoms with Crippen LogP contribution in [0.3, 0.4) is 0 Å². The number of hydrogen-bond acceptors (Lipinski definition) is 6. The summed E-state index contributed by atoms with van der Waals surface area (Å²) in [4.78, 5) is 22.7. The maximum Gasteiger partial charge on any atom is 0.333 e. The summed E-state index contributed by atoms with van der Waals surface area (Å²) >= 11 is 0. The van der Waals surface area contributed by atoms with Crippen molar-refractivity contribution >= 4 is 11.9 Å². The number of rotatable bonds is 6. The van der Waals surface area contributed by atoms with Gasteiger partial charge >= 0.3 is 11.9 Å². The van der Waals surface area contributed by atoms with Crippen LogP contribution in [0.4, 0.5) is 0 Å². The van der Waals surface area contributed by atoms with Crippen molar-refractivity contribution in [3.8, 4) is 0 Å². The van der Waals surface area contributed by atoms with E-state index in [-0.39, 0.29) is 0 Å². The Kier molecular flexibility index (Phi) is 6.00. The predicted octanol–water partition coefficient (Wildman–Crippen LogP) is 1.39. The van der Waals surface area contributed by atoms with Crippen molar-refractivity contribution in [2.75, 3.05) is 14.2 Å². The molecule has 0 fully saturated rings. The van der Waals surface area contributed by atoms with Gasteiger partial charge in [0.25, 0.3) is 0 Å². The van der Waals surface area contributed by atoms with Crippen LogP contribution in [0, 0.1) is 0 Å². The first-order valence-electron chi connectivity index (χ1n) is 5.36. The number of hydrogen-bond donors (Lipinski definition) is 0. The minimum Gasteiger partial charge on any atom is -0.431 e. The van der Waals surface area contributed by atoms with Crippen LogP contribution in [0.1, 0.15) is 27.7 Å². The number of ether oxygens (including phenoxy) is 4. The second-order valence-corrected chi connectivity index (χ2v) is 4.38. The molecule has 0 aliphatic heterocycles. The van der Waals surface area contributed by atoms with E-state index in [1.807, 2.05) is 0 Å². The third kappa shape index (κ3) is 7.03. The van der Waals surface area contributed by atoms with Gasteiger partial charge in [0, 0.05) is 54.1 Å². The minimum absolute atomic E-state index is 0.700. The first-order chi connectivity index (χ1) is 8.12. The molecule has 0 saturated heterocycles. The van der Waals surface area contributed by atoms with E-state index >= 15 is 0 Å². The topological polar surface area (TPSA) is 71.1 Å². The van der Waals surface area contributed by atoms with Crippen LogP contribution in [0.15, 0.2) is 12.2 Å². The van der Waals surface area contributed by atoms with E-state index in [9.17, 15) is 9.59 Å². The molecule has 0 amide bonds. The Morgan fingerprint density at radius 3 is 1.28 bits per heavy atom. The van der Waals surface area contributed by atoms with E-state index < -0.39 is 23.5 Å². The lowest BCUT2D eigenvalue weighted by molar-refractivity contribution is -0.203. The standard InChI is InChI=1S/C12H20O6/c1-11(2,15-5)17-9(13)7-8-10(14)18-12(3,4)16-6/h7-8H,1-6H3/b8-7+. The molecule has 0 aromatic carbocycles. The second-order valence-electron chi connectivity index (χ2n) is 4.38. The van der Waals surface area contributed by atoms with Gasteiger partial charge in [0.15, 0.2) is 0 Å². The molecule has 0 aliphatic carbocycles. The SMILES string of the molecule is COC(C)(C)OC(=O)/C=C/C(=O)OC(C)(C)OC. The summed E-state index contributed by atoms with van der Waals surface area (Å²) < 4.78 is 19.6. The van der Waals surface area contributed by atoms with Gasteiger partial charge in [0.05, 0.1) is 0 Å². The molecule has 0 aliphatic rings. The van der Waals surface area contributed by atoms with E-state index in [0.717, 1.165) is 12.2 Å². The lowest BCUT2D eigenvalue weighted by Gasteiger charge is -2.22. The first kappa shape index (κ1) is 16.6. The zero-order chi connectivity index (χ0) is 14.4. The molecular weight excluding hydrogens is 240 g/mol. The number of esters is 2. The summed E-state index contributed by atoms with van der Waals surface area (Å²) in [6.07, 6.45) is 1.93. The van der Waals surface area contributed by atoms with Crippen molar-refractivity contribution in [1.82, 2.24) is 0 Å². The van der Waals surface area contributed by atoms with Crippen LogP contribution < -0.4 is 0 Å². The average Bonchev–Trinajstić information content (AvgIpc) is 2.25. The fraction of sp³-hybridized carbons (Fsp3) is 0.667. The third-order valence-electron chi connectivity index (χ3n) is 2.03. The van der Waals surface area contributed by atoms with E-state index in [2.05, 4.69) is 0 Å². The molecule has 104 valence electrons. The zero-order valence-electron chi connectivity index (χ0n) is 11.6. The highest BCUT2D eigenvalue weighted by Crippen LogP contribution is 2.11. The van der Waals surface area contributed by atoms with Crippen molar-refractivity contribution in [3.05, 3.63) is 12.2 Å². The van der Waals surface area contributed by atoms with Gasteiger partial charge < -0.3 is 18.9 Å². The van der Waals surface area contributed by atoms with Crippen LogP contribution in [0.5, 0.6) is 0 Å². The first-order valence-corrected chi connectivity index (χ1v) is 5.36. The van der Waals surface area contributed by atoms with Crippen molar-refractivity contribution in [1.29, 1.82) is 0 Å². The summed E-state index contributed by atoms with van der Waals surface area (Å²) in [6.45, 7) is 6.30. The van der Waals surface area contributed by atoms with Crippen molar-refractivity contribution in [3.63, 3.8) is 0 Å². The zero-order valence-corrected chi connectivity index (χ0v) is 11.6. The van der Waals surface area contributed by atoms with Crippen LogP contribution in [0.25, 0.3) is 0 Å². The Bertz CT molecular complexity index is 297. The smallest absolute Gasteiger partial charge is 0.333 e. The molecule has 0 atom stereocenters. The van der Waals surface area contributed by atoms with Crippen LogP contribution in [-0.4, -0.2) is 37.7 Å². The molecule has 6 heteroatoms. The average molecular weight is 260 g/mol. The monoisotopic (exact) mass is 260 g/mol. The van der Waals surface area contributed by atoms with E-state index in [1.165, 1.54) is 14.2 Å². The number of carbonyl (C=O) groups excluding carboxylic acids is 2. The minimum atomic E-state index is -1.04. The van der Waals surface area contributed by atoms with E-state index in [1.54, 1.807) is 27.7 Å². The number of methoxy groups -OCH3 is 2. The lowest BCUT2D eigenvalue weighted by atomic mass is 10.3. The lowest BCUT2D eigenvalue weighted by Crippen LogP contribution is -2.30. The molecule has 0 rings (SSSR count). The summed E-state index contributed by atoms with van der Waals surface area (Å²) in [6, 6.07) is 0. The van der Waals surface area contributed by atoms with Crippen molar-refractivity contribution in [2.24, 2.45) is 0 Å². The van der Waals surface area contributed by atoms with Crippen LogP contribution in [-0.2, 0) is 28.5 Å². The molecule has 0 unspecified atom stereocenters. The Labute approximate surface area is 107 Å². The maximum atomic E-state index is 11.3. The Morgan fingerprint density at radius 2 is 1.06 bits per heavy atom. The Hall–Kier alpha value is -1.40. The van der Waals surface area contributed by atoms with Gasteiger partial charge in [-0.3, -0.25) is 0 Å².